The Morgan fingerprint density at radius 1 is 1.08 bits per heavy atom. The van der Waals surface area contributed by atoms with Gasteiger partial charge in [-0.25, -0.2) is 0 Å². The molecular weight excluding hydrogens is 315 g/mol. The molecular formula is C19H22F3NO. The Balaban J connectivity index is 1.75. The fourth-order valence-electron chi connectivity index (χ4n) is 2.54. The Morgan fingerprint density at radius 3 is 2.46 bits per heavy atom. The van der Waals surface area contributed by atoms with Gasteiger partial charge in [-0.1, -0.05) is 37.3 Å². The lowest BCUT2D eigenvalue weighted by molar-refractivity contribution is -0.137. The van der Waals surface area contributed by atoms with Crippen LogP contribution in [0.3, 0.4) is 0 Å². The van der Waals surface area contributed by atoms with Gasteiger partial charge < -0.3 is 10.4 Å². The molecule has 1 atom stereocenters. The van der Waals surface area contributed by atoms with Crippen LogP contribution in [0, 0.1) is 0 Å². The first-order valence-corrected chi connectivity index (χ1v) is 8.02. The number of alkyl halides is 3. The molecule has 2 aromatic carbocycles. The number of hydrogen-bond acceptors (Lipinski definition) is 2. The second-order valence-electron chi connectivity index (χ2n) is 6.00. The van der Waals surface area contributed by atoms with Crippen molar-refractivity contribution in [2.24, 2.45) is 0 Å². The zero-order chi connectivity index (χ0) is 17.6. The Kier molecular flexibility index (Phi) is 6.26. The molecule has 0 spiro atoms. The highest BCUT2D eigenvalue weighted by Crippen LogP contribution is 2.30. The van der Waals surface area contributed by atoms with Gasteiger partial charge >= 0.3 is 6.18 Å². The van der Waals surface area contributed by atoms with Crippen LogP contribution >= 0.6 is 0 Å². The molecule has 0 saturated carbocycles. The van der Waals surface area contributed by atoms with Crippen LogP contribution in [-0.2, 0) is 12.6 Å². The zero-order valence-corrected chi connectivity index (χ0v) is 13.6. The highest BCUT2D eigenvalue weighted by Gasteiger charge is 2.30. The van der Waals surface area contributed by atoms with Crippen LogP contribution < -0.4 is 5.32 Å². The molecule has 0 fully saturated rings. The second-order valence-corrected chi connectivity index (χ2v) is 6.00. The van der Waals surface area contributed by atoms with E-state index in [4.69, 9.17) is 0 Å². The highest BCUT2D eigenvalue weighted by atomic mass is 19.4. The standard InChI is InChI=1S/C19H22F3NO/c1-14(16-5-2-6-17(12-16)19(20,21)22)13-23-11-3-4-15-7-9-18(24)10-8-15/h2,5-10,12,14,23-24H,3-4,11,13H2,1H3/t14-/m0/s1. The molecule has 0 saturated heterocycles. The number of rotatable bonds is 7. The number of hydrogen-bond donors (Lipinski definition) is 2. The molecule has 0 aliphatic heterocycles. The summed E-state index contributed by atoms with van der Waals surface area (Å²) in [5.74, 6) is 0.271. The van der Waals surface area contributed by atoms with Crippen molar-refractivity contribution < 1.29 is 18.3 Å². The molecule has 0 aliphatic rings. The van der Waals surface area contributed by atoms with E-state index in [1.807, 2.05) is 19.1 Å². The van der Waals surface area contributed by atoms with Crippen molar-refractivity contribution in [1.82, 2.24) is 5.32 Å². The van der Waals surface area contributed by atoms with Crippen molar-refractivity contribution in [2.45, 2.75) is 31.9 Å². The summed E-state index contributed by atoms with van der Waals surface area (Å²) in [7, 11) is 0. The summed E-state index contributed by atoms with van der Waals surface area (Å²) in [6.45, 7) is 3.35. The third-order valence-electron chi connectivity index (χ3n) is 3.99. The van der Waals surface area contributed by atoms with Gasteiger partial charge in [0.05, 0.1) is 5.56 Å². The minimum absolute atomic E-state index is 0.0148. The monoisotopic (exact) mass is 337 g/mol. The SMILES string of the molecule is C[C@@H](CNCCCc1ccc(O)cc1)c1cccc(C(F)(F)F)c1. The van der Waals surface area contributed by atoms with Crippen molar-refractivity contribution in [3.63, 3.8) is 0 Å². The van der Waals surface area contributed by atoms with Crippen molar-refractivity contribution in [3.05, 3.63) is 65.2 Å². The van der Waals surface area contributed by atoms with Crippen molar-refractivity contribution >= 4 is 0 Å². The number of halogens is 3. The van der Waals surface area contributed by atoms with Gasteiger partial charge in [0.15, 0.2) is 0 Å². The number of benzene rings is 2. The number of phenols is 1. The van der Waals surface area contributed by atoms with Crippen LogP contribution in [0.2, 0.25) is 0 Å². The third-order valence-corrected chi connectivity index (χ3v) is 3.99. The molecule has 2 rings (SSSR count). The average Bonchev–Trinajstić information content (AvgIpc) is 2.55. The molecule has 0 heterocycles. The van der Waals surface area contributed by atoms with Crippen LogP contribution in [0.5, 0.6) is 5.75 Å². The minimum Gasteiger partial charge on any atom is -0.508 e. The number of aromatic hydroxyl groups is 1. The molecule has 130 valence electrons. The van der Waals surface area contributed by atoms with Crippen LogP contribution in [0.15, 0.2) is 48.5 Å². The maximum absolute atomic E-state index is 12.7. The molecule has 2 N–H and O–H groups in total. The maximum atomic E-state index is 12.7. The molecule has 0 radical (unpaired) electrons. The Bertz CT molecular complexity index is 638. The maximum Gasteiger partial charge on any atom is 0.416 e. The number of nitrogens with one attached hydrogen (secondary N) is 1. The Labute approximate surface area is 140 Å². The number of aryl methyl sites for hydroxylation is 1. The molecule has 0 aromatic heterocycles. The summed E-state index contributed by atoms with van der Waals surface area (Å²) >= 11 is 0. The fourth-order valence-corrected chi connectivity index (χ4v) is 2.54. The predicted molar refractivity (Wildman–Crippen MR) is 89.2 cm³/mol. The van der Waals surface area contributed by atoms with E-state index >= 15 is 0 Å². The Morgan fingerprint density at radius 2 is 1.79 bits per heavy atom. The van der Waals surface area contributed by atoms with Gasteiger partial charge in [-0.2, -0.15) is 13.2 Å². The van der Waals surface area contributed by atoms with Gasteiger partial charge in [-0.15, -0.1) is 0 Å². The van der Waals surface area contributed by atoms with Gasteiger partial charge in [0.2, 0.25) is 0 Å². The molecule has 24 heavy (non-hydrogen) atoms. The van der Waals surface area contributed by atoms with Crippen molar-refractivity contribution in [3.8, 4) is 5.75 Å². The van der Waals surface area contributed by atoms with Gasteiger partial charge in [0.25, 0.3) is 0 Å². The normalized spacial score (nSPS) is 13.0. The van der Waals surface area contributed by atoms with E-state index in [9.17, 15) is 18.3 Å². The molecule has 5 heteroatoms. The van der Waals surface area contributed by atoms with E-state index in [0.29, 0.717) is 12.1 Å². The van der Waals surface area contributed by atoms with E-state index in [-0.39, 0.29) is 11.7 Å². The summed E-state index contributed by atoms with van der Waals surface area (Å²) in [4.78, 5) is 0. The van der Waals surface area contributed by atoms with E-state index in [2.05, 4.69) is 5.32 Å². The molecule has 0 bridgehead atoms. The quantitative estimate of drug-likeness (QED) is 0.716. The van der Waals surface area contributed by atoms with Crippen LogP contribution in [0.1, 0.15) is 36.0 Å². The van der Waals surface area contributed by atoms with E-state index in [0.717, 1.165) is 31.0 Å². The Hall–Kier alpha value is -2.01. The lowest BCUT2D eigenvalue weighted by Gasteiger charge is -2.15. The molecule has 2 nitrogen and oxygen atoms in total. The largest absolute Gasteiger partial charge is 0.508 e. The summed E-state index contributed by atoms with van der Waals surface area (Å²) in [5, 5.41) is 12.5. The lowest BCUT2D eigenvalue weighted by Crippen LogP contribution is -2.22. The van der Waals surface area contributed by atoms with Crippen molar-refractivity contribution in [1.29, 1.82) is 0 Å². The topological polar surface area (TPSA) is 32.3 Å². The van der Waals surface area contributed by atoms with E-state index < -0.39 is 11.7 Å². The summed E-state index contributed by atoms with van der Waals surface area (Å²) in [6.07, 6.45) is -2.47. The van der Waals surface area contributed by atoms with E-state index in [1.165, 1.54) is 12.1 Å². The van der Waals surface area contributed by atoms with Gasteiger partial charge in [0.1, 0.15) is 5.75 Å². The van der Waals surface area contributed by atoms with E-state index in [1.54, 1.807) is 18.2 Å². The molecule has 0 unspecified atom stereocenters. The smallest absolute Gasteiger partial charge is 0.416 e. The van der Waals surface area contributed by atoms with Gasteiger partial charge in [-0.3, -0.25) is 0 Å². The van der Waals surface area contributed by atoms with Crippen molar-refractivity contribution in [2.75, 3.05) is 13.1 Å². The fraction of sp³-hybridized carbons (Fsp3) is 0.368. The van der Waals surface area contributed by atoms with Crippen LogP contribution in [0.25, 0.3) is 0 Å². The molecule has 0 aliphatic carbocycles. The first-order chi connectivity index (χ1) is 11.4. The van der Waals surface area contributed by atoms with Crippen LogP contribution in [0.4, 0.5) is 13.2 Å². The molecule has 2 aromatic rings. The lowest BCUT2D eigenvalue weighted by atomic mass is 9.99. The third kappa shape index (κ3) is 5.57. The van der Waals surface area contributed by atoms with Gasteiger partial charge in [0, 0.05) is 6.54 Å². The zero-order valence-electron chi connectivity index (χ0n) is 13.6. The first-order valence-electron chi connectivity index (χ1n) is 8.02. The van der Waals surface area contributed by atoms with Crippen LogP contribution in [-0.4, -0.2) is 18.2 Å². The highest BCUT2D eigenvalue weighted by molar-refractivity contribution is 5.28. The summed E-state index contributed by atoms with van der Waals surface area (Å²) in [6, 6.07) is 12.6. The number of phenolic OH excluding ortho intramolecular Hbond substituents is 1. The summed E-state index contributed by atoms with van der Waals surface area (Å²) in [5.41, 5.74) is 1.25. The predicted octanol–water partition coefficient (Wildman–Crippen LogP) is 4.74. The average molecular weight is 337 g/mol. The second kappa shape index (κ2) is 8.20. The molecule has 0 amide bonds. The minimum atomic E-state index is -4.30. The van der Waals surface area contributed by atoms with Gasteiger partial charge in [-0.05, 0) is 54.6 Å². The first kappa shape index (κ1) is 18.3. The summed E-state index contributed by atoms with van der Waals surface area (Å²) < 4.78 is 38.2.